The van der Waals surface area contributed by atoms with Crippen LogP contribution in [0.3, 0.4) is 0 Å². The number of furan rings is 1. The Labute approximate surface area is 116 Å². The summed E-state index contributed by atoms with van der Waals surface area (Å²) in [5.74, 6) is 1.79. The predicted molar refractivity (Wildman–Crippen MR) is 76.6 cm³/mol. The van der Waals surface area contributed by atoms with Crippen LogP contribution in [-0.4, -0.2) is 20.4 Å². The molecule has 1 aliphatic carbocycles. The average Bonchev–Trinajstić information content (AvgIpc) is 3.19. The van der Waals surface area contributed by atoms with Crippen molar-refractivity contribution in [1.29, 1.82) is 0 Å². The van der Waals surface area contributed by atoms with Crippen molar-refractivity contribution in [3.8, 4) is 11.5 Å². The van der Waals surface area contributed by atoms with E-state index < -0.39 is 0 Å². The number of nitrogens with one attached hydrogen (secondary N) is 1. The number of nitrogens with zero attached hydrogens (tertiary/aromatic N) is 3. The minimum atomic E-state index is 0.525. The maximum atomic E-state index is 5.52. The van der Waals surface area contributed by atoms with E-state index in [1.807, 2.05) is 22.7 Å². The van der Waals surface area contributed by atoms with Crippen molar-refractivity contribution in [3.63, 3.8) is 0 Å². The van der Waals surface area contributed by atoms with Crippen molar-refractivity contribution in [2.45, 2.75) is 31.7 Å². The van der Waals surface area contributed by atoms with Gasteiger partial charge in [-0.25, -0.2) is 4.98 Å². The summed E-state index contributed by atoms with van der Waals surface area (Å²) in [5, 5.41) is 3.63. The second-order valence-corrected chi connectivity index (χ2v) is 5.22. The Kier molecular flexibility index (Phi) is 2.69. The third kappa shape index (κ3) is 1.86. The van der Waals surface area contributed by atoms with Gasteiger partial charge < -0.3 is 9.73 Å². The Balaban J connectivity index is 1.84. The first kappa shape index (κ1) is 11.5. The lowest BCUT2D eigenvalue weighted by atomic mass is 10.2. The van der Waals surface area contributed by atoms with Gasteiger partial charge in [0.05, 0.1) is 12.5 Å². The summed E-state index contributed by atoms with van der Waals surface area (Å²) in [6, 6.07) is 4.35. The molecular weight excluding hydrogens is 252 g/mol. The molecule has 0 atom stereocenters. The molecule has 3 aromatic heterocycles. The lowest BCUT2D eigenvalue weighted by Crippen LogP contribution is -2.16. The Morgan fingerprint density at radius 3 is 3.00 bits per heavy atom. The van der Waals surface area contributed by atoms with Crippen LogP contribution in [0.15, 0.2) is 41.4 Å². The molecule has 3 heterocycles. The molecule has 20 heavy (non-hydrogen) atoms. The summed E-state index contributed by atoms with van der Waals surface area (Å²) < 4.78 is 7.56. The first-order chi connectivity index (χ1) is 9.92. The third-order valence-electron chi connectivity index (χ3n) is 3.88. The second-order valence-electron chi connectivity index (χ2n) is 5.22. The molecule has 1 aliphatic rings. The second kappa shape index (κ2) is 4.67. The van der Waals surface area contributed by atoms with E-state index in [1.165, 1.54) is 25.7 Å². The summed E-state index contributed by atoms with van der Waals surface area (Å²) in [4.78, 5) is 8.78. The topological polar surface area (TPSA) is 55.4 Å². The highest BCUT2D eigenvalue weighted by molar-refractivity contribution is 5.73. The van der Waals surface area contributed by atoms with Crippen LogP contribution in [0.5, 0.6) is 0 Å². The number of imidazole rings is 1. The molecule has 0 bridgehead atoms. The summed E-state index contributed by atoms with van der Waals surface area (Å²) in [6.45, 7) is 0. The largest absolute Gasteiger partial charge is 0.463 e. The summed E-state index contributed by atoms with van der Waals surface area (Å²) in [5.41, 5.74) is 1.69. The lowest BCUT2D eigenvalue weighted by Gasteiger charge is -2.13. The Morgan fingerprint density at radius 1 is 1.30 bits per heavy atom. The molecule has 3 aromatic rings. The Hall–Kier alpha value is -2.30. The SMILES string of the molecule is c1coc(-c2nc3cnccn3c2NC2CCCC2)c1. The number of hydrogen-bond donors (Lipinski definition) is 1. The van der Waals surface area contributed by atoms with E-state index in [2.05, 4.69) is 15.3 Å². The number of hydrogen-bond acceptors (Lipinski definition) is 4. The van der Waals surface area contributed by atoms with E-state index >= 15 is 0 Å². The van der Waals surface area contributed by atoms with Gasteiger partial charge in [-0.3, -0.25) is 9.38 Å². The minimum absolute atomic E-state index is 0.525. The van der Waals surface area contributed by atoms with Crippen molar-refractivity contribution >= 4 is 11.5 Å². The number of anilines is 1. The standard InChI is InChI=1S/C15H16N4O/c1-2-5-11(4-1)17-15-14(12-6-3-9-20-12)18-13-10-16-7-8-19(13)15/h3,6-11,17H,1-2,4-5H2. The molecular formula is C15H16N4O. The zero-order valence-corrected chi connectivity index (χ0v) is 11.1. The molecule has 5 nitrogen and oxygen atoms in total. The molecule has 102 valence electrons. The van der Waals surface area contributed by atoms with Gasteiger partial charge in [0.1, 0.15) is 11.5 Å². The van der Waals surface area contributed by atoms with Crippen LogP contribution in [-0.2, 0) is 0 Å². The zero-order valence-electron chi connectivity index (χ0n) is 11.1. The molecule has 4 rings (SSSR count). The van der Waals surface area contributed by atoms with Crippen molar-refractivity contribution in [2.24, 2.45) is 0 Å². The van der Waals surface area contributed by atoms with Crippen molar-refractivity contribution in [2.75, 3.05) is 5.32 Å². The fraction of sp³-hybridized carbons (Fsp3) is 0.333. The molecule has 0 aromatic carbocycles. The van der Waals surface area contributed by atoms with E-state index in [0.29, 0.717) is 6.04 Å². The molecule has 5 heteroatoms. The highest BCUT2D eigenvalue weighted by Gasteiger charge is 2.21. The van der Waals surface area contributed by atoms with Gasteiger partial charge in [0.25, 0.3) is 0 Å². The van der Waals surface area contributed by atoms with Crippen LogP contribution in [0.4, 0.5) is 5.82 Å². The van der Waals surface area contributed by atoms with Crippen LogP contribution in [0.1, 0.15) is 25.7 Å². The van der Waals surface area contributed by atoms with E-state index in [0.717, 1.165) is 22.9 Å². The molecule has 0 radical (unpaired) electrons. The summed E-state index contributed by atoms with van der Waals surface area (Å²) >= 11 is 0. The van der Waals surface area contributed by atoms with Crippen molar-refractivity contribution in [1.82, 2.24) is 14.4 Å². The van der Waals surface area contributed by atoms with Gasteiger partial charge in [-0.1, -0.05) is 12.8 Å². The Bertz CT molecular complexity index is 711. The fourth-order valence-corrected chi connectivity index (χ4v) is 2.89. The van der Waals surface area contributed by atoms with Gasteiger partial charge in [0, 0.05) is 18.4 Å². The maximum Gasteiger partial charge on any atom is 0.157 e. The zero-order chi connectivity index (χ0) is 13.4. The van der Waals surface area contributed by atoms with Gasteiger partial charge in [-0.2, -0.15) is 0 Å². The molecule has 0 saturated heterocycles. The van der Waals surface area contributed by atoms with Gasteiger partial charge in [-0.05, 0) is 25.0 Å². The summed E-state index contributed by atoms with van der Waals surface area (Å²) in [6.07, 6.45) is 12.2. The minimum Gasteiger partial charge on any atom is -0.463 e. The number of aromatic nitrogens is 3. The molecule has 1 saturated carbocycles. The normalized spacial score (nSPS) is 16.0. The molecule has 0 amide bonds. The molecule has 0 spiro atoms. The van der Waals surface area contributed by atoms with E-state index in [1.54, 1.807) is 18.7 Å². The van der Waals surface area contributed by atoms with E-state index in [-0.39, 0.29) is 0 Å². The van der Waals surface area contributed by atoms with Crippen LogP contribution in [0, 0.1) is 0 Å². The average molecular weight is 268 g/mol. The van der Waals surface area contributed by atoms with Crippen LogP contribution in [0.2, 0.25) is 0 Å². The fourth-order valence-electron chi connectivity index (χ4n) is 2.89. The molecule has 1 N–H and O–H groups in total. The van der Waals surface area contributed by atoms with E-state index in [9.17, 15) is 0 Å². The van der Waals surface area contributed by atoms with Gasteiger partial charge >= 0.3 is 0 Å². The first-order valence-corrected chi connectivity index (χ1v) is 7.04. The van der Waals surface area contributed by atoms with Crippen LogP contribution >= 0.6 is 0 Å². The Morgan fingerprint density at radius 2 is 2.20 bits per heavy atom. The number of fused-ring (bicyclic) bond motifs is 1. The monoisotopic (exact) mass is 268 g/mol. The van der Waals surface area contributed by atoms with Crippen molar-refractivity contribution < 1.29 is 4.42 Å². The van der Waals surface area contributed by atoms with Gasteiger partial charge in [0.2, 0.25) is 0 Å². The lowest BCUT2D eigenvalue weighted by molar-refractivity contribution is 0.580. The molecule has 1 fully saturated rings. The van der Waals surface area contributed by atoms with Gasteiger partial charge in [-0.15, -0.1) is 0 Å². The smallest absolute Gasteiger partial charge is 0.157 e. The summed E-state index contributed by atoms with van der Waals surface area (Å²) in [7, 11) is 0. The number of rotatable bonds is 3. The van der Waals surface area contributed by atoms with Crippen LogP contribution in [0.25, 0.3) is 17.1 Å². The first-order valence-electron chi connectivity index (χ1n) is 7.04. The van der Waals surface area contributed by atoms with Crippen molar-refractivity contribution in [3.05, 3.63) is 37.0 Å². The van der Waals surface area contributed by atoms with Crippen LogP contribution < -0.4 is 5.32 Å². The third-order valence-corrected chi connectivity index (χ3v) is 3.88. The molecule has 0 aliphatic heterocycles. The van der Waals surface area contributed by atoms with Gasteiger partial charge in [0.15, 0.2) is 11.4 Å². The molecule has 0 unspecified atom stereocenters. The highest BCUT2D eigenvalue weighted by atomic mass is 16.3. The maximum absolute atomic E-state index is 5.52. The highest BCUT2D eigenvalue weighted by Crippen LogP contribution is 2.31. The van der Waals surface area contributed by atoms with E-state index in [4.69, 9.17) is 4.42 Å². The quantitative estimate of drug-likeness (QED) is 0.791. The predicted octanol–water partition coefficient (Wildman–Crippen LogP) is 3.34.